The SMILES string of the molecule is CCCCC(CC)CC1(C#N)CCC1. The summed E-state index contributed by atoms with van der Waals surface area (Å²) in [5, 5.41) is 9.16. The van der Waals surface area contributed by atoms with Gasteiger partial charge in [0.1, 0.15) is 0 Å². The van der Waals surface area contributed by atoms with Crippen LogP contribution < -0.4 is 0 Å². The van der Waals surface area contributed by atoms with Crippen LogP contribution >= 0.6 is 0 Å². The molecule has 1 heteroatoms. The van der Waals surface area contributed by atoms with E-state index in [1.807, 2.05) is 0 Å². The van der Waals surface area contributed by atoms with Gasteiger partial charge in [-0.15, -0.1) is 0 Å². The molecule has 0 aliphatic heterocycles. The molecule has 0 spiro atoms. The maximum absolute atomic E-state index is 9.16. The second kappa shape index (κ2) is 5.39. The summed E-state index contributed by atoms with van der Waals surface area (Å²) in [7, 11) is 0. The Morgan fingerprint density at radius 1 is 1.36 bits per heavy atom. The third-order valence-electron chi connectivity index (χ3n) is 3.77. The Balaban J connectivity index is 2.35. The highest BCUT2D eigenvalue weighted by atomic mass is 14.4. The molecule has 0 radical (unpaired) electrons. The van der Waals surface area contributed by atoms with Crippen LogP contribution in [0.3, 0.4) is 0 Å². The molecule has 1 fully saturated rings. The number of nitriles is 1. The van der Waals surface area contributed by atoms with Crippen LogP contribution in [-0.2, 0) is 0 Å². The summed E-state index contributed by atoms with van der Waals surface area (Å²) in [5.74, 6) is 0.801. The molecule has 0 amide bonds. The summed E-state index contributed by atoms with van der Waals surface area (Å²) in [4.78, 5) is 0. The van der Waals surface area contributed by atoms with E-state index in [9.17, 15) is 0 Å². The fourth-order valence-corrected chi connectivity index (χ4v) is 2.46. The molecule has 14 heavy (non-hydrogen) atoms. The molecule has 0 aromatic heterocycles. The van der Waals surface area contributed by atoms with E-state index in [4.69, 9.17) is 5.26 Å². The molecule has 1 aliphatic rings. The molecule has 1 aliphatic carbocycles. The maximum Gasteiger partial charge on any atom is 0.0689 e. The molecule has 1 atom stereocenters. The van der Waals surface area contributed by atoms with Gasteiger partial charge in [-0.25, -0.2) is 0 Å². The average molecular weight is 193 g/mol. The third kappa shape index (κ3) is 2.74. The minimum atomic E-state index is 0.0917. The second-order valence-corrected chi connectivity index (χ2v) is 4.87. The van der Waals surface area contributed by atoms with Gasteiger partial charge in [0.25, 0.3) is 0 Å². The van der Waals surface area contributed by atoms with Gasteiger partial charge in [0, 0.05) is 0 Å². The lowest BCUT2D eigenvalue weighted by atomic mass is 9.64. The van der Waals surface area contributed by atoms with Crippen molar-refractivity contribution in [1.82, 2.24) is 0 Å². The van der Waals surface area contributed by atoms with Crippen molar-refractivity contribution in [3.8, 4) is 6.07 Å². The van der Waals surface area contributed by atoms with Gasteiger partial charge in [-0.05, 0) is 25.2 Å². The van der Waals surface area contributed by atoms with Crippen molar-refractivity contribution in [3.05, 3.63) is 0 Å². The van der Waals surface area contributed by atoms with Gasteiger partial charge in [0.05, 0.1) is 11.5 Å². The molecule has 0 saturated heterocycles. The van der Waals surface area contributed by atoms with E-state index in [-0.39, 0.29) is 5.41 Å². The number of hydrogen-bond donors (Lipinski definition) is 0. The topological polar surface area (TPSA) is 23.8 Å². The molecule has 0 heterocycles. The average Bonchev–Trinajstić information content (AvgIpc) is 2.16. The summed E-state index contributed by atoms with van der Waals surface area (Å²) < 4.78 is 0. The molecule has 0 N–H and O–H groups in total. The Kier molecular flexibility index (Phi) is 4.45. The standard InChI is InChI=1S/C13H23N/c1-3-5-7-12(4-2)10-13(11-14)8-6-9-13/h12H,3-10H2,1-2H3. The summed E-state index contributed by atoms with van der Waals surface area (Å²) in [6.07, 6.45) is 9.96. The first-order valence-corrected chi connectivity index (χ1v) is 6.17. The van der Waals surface area contributed by atoms with Gasteiger partial charge in [-0.1, -0.05) is 46.0 Å². The third-order valence-corrected chi connectivity index (χ3v) is 3.77. The molecule has 0 bridgehead atoms. The van der Waals surface area contributed by atoms with Crippen molar-refractivity contribution in [1.29, 1.82) is 5.26 Å². The normalized spacial score (nSPS) is 20.9. The van der Waals surface area contributed by atoms with Gasteiger partial charge in [0.15, 0.2) is 0 Å². The lowest BCUT2D eigenvalue weighted by Gasteiger charge is -2.38. The molecule has 1 nitrogen and oxygen atoms in total. The first-order valence-electron chi connectivity index (χ1n) is 6.17. The van der Waals surface area contributed by atoms with Crippen molar-refractivity contribution >= 4 is 0 Å². The zero-order valence-electron chi connectivity index (χ0n) is 9.68. The van der Waals surface area contributed by atoms with Crippen molar-refractivity contribution in [2.75, 3.05) is 0 Å². The van der Waals surface area contributed by atoms with Crippen molar-refractivity contribution in [3.63, 3.8) is 0 Å². The first kappa shape index (κ1) is 11.6. The minimum Gasteiger partial charge on any atom is -0.198 e. The maximum atomic E-state index is 9.16. The van der Waals surface area contributed by atoms with E-state index in [1.54, 1.807) is 0 Å². The molecular formula is C13H23N. The number of rotatable bonds is 6. The number of hydrogen-bond acceptors (Lipinski definition) is 1. The van der Waals surface area contributed by atoms with E-state index in [0.29, 0.717) is 0 Å². The van der Waals surface area contributed by atoms with Crippen LogP contribution in [0.25, 0.3) is 0 Å². The van der Waals surface area contributed by atoms with Crippen LogP contribution in [0.15, 0.2) is 0 Å². The molecule has 1 saturated carbocycles. The van der Waals surface area contributed by atoms with Gasteiger partial charge >= 0.3 is 0 Å². The highest BCUT2D eigenvalue weighted by Crippen LogP contribution is 2.46. The smallest absolute Gasteiger partial charge is 0.0689 e. The van der Waals surface area contributed by atoms with Crippen molar-refractivity contribution in [2.45, 2.75) is 65.2 Å². The Morgan fingerprint density at radius 3 is 2.43 bits per heavy atom. The van der Waals surface area contributed by atoms with Crippen molar-refractivity contribution < 1.29 is 0 Å². The van der Waals surface area contributed by atoms with Gasteiger partial charge in [-0.2, -0.15) is 5.26 Å². The Bertz CT molecular complexity index is 198. The molecular weight excluding hydrogens is 170 g/mol. The van der Waals surface area contributed by atoms with Crippen LogP contribution in [0.4, 0.5) is 0 Å². The summed E-state index contributed by atoms with van der Waals surface area (Å²) in [6.45, 7) is 4.51. The predicted molar refractivity (Wildman–Crippen MR) is 59.8 cm³/mol. The van der Waals surface area contributed by atoms with Crippen LogP contribution in [-0.4, -0.2) is 0 Å². The summed E-state index contributed by atoms with van der Waals surface area (Å²) in [6, 6.07) is 2.56. The summed E-state index contributed by atoms with van der Waals surface area (Å²) >= 11 is 0. The highest BCUT2D eigenvalue weighted by Gasteiger charge is 2.38. The zero-order valence-corrected chi connectivity index (χ0v) is 9.68. The quantitative estimate of drug-likeness (QED) is 0.617. The number of nitrogens with zero attached hydrogens (tertiary/aromatic N) is 1. The minimum absolute atomic E-state index is 0.0917. The lowest BCUT2D eigenvalue weighted by Crippen LogP contribution is -2.30. The van der Waals surface area contributed by atoms with Gasteiger partial charge in [-0.3, -0.25) is 0 Å². The zero-order chi connectivity index (χ0) is 10.4. The molecule has 0 aromatic rings. The Morgan fingerprint density at radius 2 is 2.07 bits per heavy atom. The van der Waals surface area contributed by atoms with Crippen LogP contribution in [0, 0.1) is 22.7 Å². The summed E-state index contributed by atoms with van der Waals surface area (Å²) in [5.41, 5.74) is 0.0917. The molecule has 0 aromatic carbocycles. The fourth-order valence-electron chi connectivity index (χ4n) is 2.46. The predicted octanol–water partition coefficient (Wildman–Crippen LogP) is 4.29. The monoisotopic (exact) mass is 193 g/mol. The molecule has 1 rings (SSSR count). The lowest BCUT2D eigenvalue weighted by molar-refractivity contribution is 0.156. The van der Waals surface area contributed by atoms with E-state index >= 15 is 0 Å². The van der Waals surface area contributed by atoms with Crippen LogP contribution in [0.2, 0.25) is 0 Å². The fraction of sp³-hybridized carbons (Fsp3) is 0.923. The van der Waals surface area contributed by atoms with E-state index in [0.717, 1.165) is 18.8 Å². The van der Waals surface area contributed by atoms with E-state index < -0.39 is 0 Å². The van der Waals surface area contributed by atoms with Gasteiger partial charge in [0.2, 0.25) is 0 Å². The van der Waals surface area contributed by atoms with Crippen LogP contribution in [0.5, 0.6) is 0 Å². The van der Waals surface area contributed by atoms with E-state index in [1.165, 1.54) is 38.5 Å². The molecule has 1 unspecified atom stereocenters. The van der Waals surface area contributed by atoms with Gasteiger partial charge < -0.3 is 0 Å². The molecule has 80 valence electrons. The largest absolute Gasteiger partial charge is 0.198 e. The first-order chi connectivity index (χ1) is 6.76. The van der Waals surface area contributed by atoms with E-state index in [2.05, 4.69) is 19.9 Å². The Hall–Kier alpha value is -0.510. The number of unbranched alkanes of at least 4 members (excludes halogenated alkanes) is 1. The Labute approximate surface area is 88.5 Å². The second-order valence-electron chi connectivity index (χ2n) is 4.87. The van der Waals surface area contributed by atoms with Crippen LogP contribution in [0.1, 0.15) is 65.2 Å². The highest BCUT2D eigenvalue weighted by molar-refractivity contribution is 5.05. The van der Waals surface area contributed by atoms with Crippen molar-refractivity contribution in [2.24, 2.45) is 11.3 Å².